The van der Waals surface area contributed by atoms with Crippen LogP contribution in [0.2, 0.25) is 0 Å². The Hall–Kier alpha value is 0.170. The zero-order valence-corrected chi connectivity index (χ0v) is 16.1. The number of allylic oxidation sites excluding steroid dienone is 2. The van der Waals surface area contributed by atoms with Crippen LogP contribution in [0, 0.1) is 0 Å². The van der Waals surface area contributed by atoms with Gasteiger partial charge in [0.2, 0.25) is 0 Å². The summed E-state index contributed by atoms with van der Waals surface area (Å²) in [5.41, 5.74) is 0. The van der Waals surface area contributed by atoms with Crippen LogP contribution in [0.5, 0.6) is 0 Å². The van der Waals surface area contributed by atoms with Crippen LogP contribution in [0.4, 0.5) is 0 Å². The van der Waals surface area contributed by atoms with E-state index in [9.17, 15) is 0 Å². The predicted molar refractivity (Wildman–Crippen MR) is 103 cm³/mol. The van der Waals surface area contributed by atoms with Crippen LogP contribution >= 0.6 is 7.92 Å². The lowest BCUT2D eigenvalue weighted by Gasteiger charge is -2.04. The van der Waals surface area contributed by atoms with Crippen molar-refractivity contribution in [1.29, 1.82) is 0 Å². The van der Waals surface area contributed by atoms with Gasteiger partial charge in [0.15, 0.2) is 0 Å². The van der Waals surface area contributed by atoms with Gasteiger partial charge in [-0.15, -0.1) is 7.92 Å². The lowest BCUT2D eigenvalue weighted by molar-refractivity contribution is 0.607. The summed E-state index contributed by atoms with van der Waals surface area (Å²) < 4.78 is 0. The second-order valence-electron chi connectivity index (χ2n) is 6.74. The maximum Gasteiger partial charge on any atom is -0.0331 e. The molecule has 0 spiro atoms. The molecular weight excluding hydrogens is 271 g/mol. The molecule has 0 unspecified atom stereocenters. The van der Waals surface area contributed by atoms with Crippen molar-refractivity contribution in [2.45, 2.75) is 96.8 Å². The third-order valence-corrected chi connectivity index (χ3v) is 5.33. The first-order valence-electron chi connectivity index (χ1n) is 9.57. The minimum absolute atomic E-state index is 0.348. The Morgan fingerprint density at radius 3 is 1.48 bits per heavy atom. The van der Waals surface area contributed by atoms with E-state index < -0.39 is 0 Å². The van der Waals surface area contributed by atoms with Crippen molar-refractivity contribution in [3.8, 4) is 0 Å². The third-order valence-electron chi connectivity index (χ3n) is 4.12. The predicted octanol–water partition coefficient (Wildman–Crippen LogP) is 7.77. The highest BCUT2D eigenvalue weighted by molar-refractivity contribution is 7.55. The van der Waals surface area contributed by atoms with E-state index in [0.29, 0.717) is 7.92 Å². The van der Waals surface area contributed by atoms with E-state index in [1.807, 2.05) is 0 Å². The first kappa shape index (κ1) is 21.2. The number of unbranched alkanes of at least 4 members (excludes halogenated alkanes) is 12. The number of hydrogen-bond acceptors (Lipinski definition) is 0. The Morgan fingerprint density at radius 2 is 1.00 bits per heavy atom. The second kappa shape index (κ2) is 18.2. The van der Waals surface area contributed by atoms with Gasteiger partial charge >= 0.3 is 0 Å². The standard InChI is InChI=1S/C20H41P/c1-4-5-6-7-8-9-10-11-12-13-14-15-16-17-18-19-20-21(2)3/h11-12H,4-10,13-20H2,1-3H3. The first-order valence-corrected chi connectivity index (χ1v) is 12.0. The van der Waals surface area contributed by atoms with Gasteiger partial charge in [-0.05, 0) is 51.6 Å². The highest BCUT2D eigenvalue weighted by atomic mass is 31.1. The molecule has 0 bridgehead atoms. The van der Waals surface area contributed by atoms with Crippen molar-refractivity contribution in [2.75, 3.05) is 19.5 Å². The molecule has 0 N–H and O–H groups in total. The summed E-state index contributed by atoms with van der Waals surface area (Å²) >= 11 is 0. The molecule has 0 aliphatic carbocycles. The van der Waals surface area contributed by atoms with E-state index in [4.69, 9.17) is 0 Å². The molecule has 0 radical (unpaired) electrons. The molecule has 126 valence electrons. The fourth-order valence-corrected chi connectivity index (χ4v) is 3.53. The SMILES string of the molecule is CCCCCCCCC=CCCCCCCCCP(C)C. The summed E-state index contributed by atoms with van der Waals surface area (Å²) in [6.45, 7) is 7.08. The normalized spacial score (nSPS) is 11.8. The largest absolute Gasteiger partial charge is 0.113 e. The molecule has 0 aliphatic rings. The quantitative estimate of drug-likeness (QED) is 0.155. The van der Waals surface area contributed by atoms with Crippen LogP contribution < -0.4 is 0 Å². The maximum absolute atomic E-state index is 2.42. The van der Waals surface area contributed by atoms with E-state index in [1.165, 1.54) is 96.1 Å². The van der Waals surface area contributed by atoms with Crippen molar-refractivity contribution >= 4 is 7.92 Å². The molecule has 0 heterocycles. The summed E-state index contributed by atoms with van der Waals surface area (Å²) in [5.74, 6) is 0. The van der Waals surface area contributed by atoms with Gasteiger partial charge in [0.25, 0.3) is 0 Å². The molecule has 21 heavy (non-hydrogen) atoms. The molecule has 0 rings (SSSR count). The molecule has 0 saturated heterocycles. The summed E-state index contributed by atoms with van der Waals surface area (Å²) in [5, 5.41) is 0. The van der Waals surface area contributed by atoms with E-state index >= 15 is 0 Å². The molecule has 0 nitrogen and oxygen atoms in total. The van der Waals surface area contributed by atoms with Gasteiger partial charge in [0.1, 0.15) is 0 Å². The van der Waals surface area contributed by atoms with E-state index in [0.717, 1.165) is 0 Å². The zero-order chi connectivity index (χ0) is 15.6. The second-order valence-corrected chi connectivity index (χ2v) is 9.35. The fourth-order valence-electron chi connectivity index (χ4n) is 2.68. The topological polar surface area (TPSA) is 0 Å². The van der Waals surface area contributed by atoms with Gasteiger partial charge < -0.3 is 0 Å². The molecule has 0 aliphatic heterocycles. The van der Waals surface area contributed by atoms with Crippen LogP contribution in [0.1, 0.15) is 96.8 Å². The van der Waals surface area contributed by atoms with Crippen LogP contribution in [0.25, 0.3) is 0 Å². The van der Waals surface area contributed by atoms with Crippen molar-refractivity contribution in [3.63, 3.8) is 0 Å². The molecule has 0 atom stereocenters. The van der Waals surface area contributed by atoms with Crippen LogP contribution in [0.15, 0.2) is 12.2 Å². The number of hydrogen-bond donors (Lipinski definition) is 0. The lowest BCUT2D eigenvalue weighted by atomic mass is 10.1. The van der Waals surface area contributed by atoms with Gasteiger partial charge in [-0.2, -0.15) is 0 Å². The average Bonchev–Trinajstić information content (AvgIpc) is 2.46. The van der Waals surface area contributed by atoms with E-state index in [2.05, 4.69) is 32.4 Å². The van der Waals surface area contributed by atoms with Crippen molar-refractivity contribution < 1.29 is 0 Å². The highest BCUT2D eigenvalue weighted by Crippen LogP contribution is 2.26. The minimum atomic E-state index is 0.348. The highest BCUT2D eigenvalue weighted by Gasteiger charge is 1.94. The Morgan fingerprint density at radius 1 is 0.571 bits per heavy atom. The molecule has 0 saturated carbocycles. The Balaban J connectivity index is 3.05. The monoisotopic (exact) mass is 312 g/mol. The van der Waals surface area contributed by atoms with Gasteiger partial charge in [-0.25, -0.2) is 0 Å². The Bertz CT molecular complexity index is 208. The average molecular weight is 313 g/mol. The molecule has 0 aromatic heterocycles. The molecule has 0 aromatic carbocycles. The van der Waals surface area contributed by atoms with Gasteiger partial charge in [0, 0.05) is 0 Å². The van der Waals surface area contributed by atoms with Crippen LogP contribution in [-0.4, -0.2) is 19.5 Å². The van der Waals surface area contributed by atoms with Crippen molar-refractivity contribution in [1.82, 2.24) is 0 Å². The number of rotatable bonds is 16. The molecule has 0 aromatic rings. The maximum atomic E-state index is 2.42. The Labute approximate surface area is 136 Å². The van der Waals surface area contributed by atoms with Crippen LogP contribution in [0.3, 0.4) is 0 Å². The summed E-state index contributed by atoms with van der Waals surface area (Å²) in [7, 11) is 0.348. The van der Waals surface area contributed by atoms with E-state index in [-0.39, 0.29) is 0 Å². The fraction of sp³-hybridized carbons (Fsp3) is 0.900. The van der Waals surface area contributed by atoms with Gasteiger partial charge in [-0.1, -0.05) is 76.9 Å². The van der Waals surface area contributed by atoms with Gasteiger partial charge in [0.05, 0.1) is 0 Å². The first-order chi connectivity index (χ1) is 10.3. The summed E-state index contributed by atoms with van der Waals surface area (Å²) in [6, 6.07) is 0. The molecular formula is C20H41P. The lowest BCUT2D eigenvalue weighted by Crippen LogP contribution is -1.84. The Kier molecular flexibility index (Phi) is 18.4. The van der Waals surface area contributed by atoms with Crippen molar-refractivity contribution in [2.24, 2.45) is 0 Å². The smallest absolute Gasteiger partial charge is 0.0331 e. The third kappa shape index (κ3) is 20.2. The van der Waals surface area contributed by atoms with Gasteiger partial charge in [-0.3, -0.25) is 0 Å². The molecule has 0 fully saturated rings. The van der Waals surface area contributed by atoms with Crippen LogP contribution in [-0.2, 0) is 0 Å². The summed E-state index contributed by atoms with van der Waals surface area (Å²) in [4.78, 5) is 0. The zero-order valence-electron chi connectivity index (χ0n) is 15.2. The minimum Gasteiger partial charge on any atom is -0.113 e. The molecule has 1 heteroatoms. The molecule has 0 amide bonds. The van der Waals surface area contributed by atoms with E-state index in [1.54, 1.807) is 0 Å². The summed E-state index contributed by atoms with van der Waals surface area (Å²) in [6.07, 6.45) is 26.1. The van der Waals surface area contributed by atoms with Crippen molar-refractivity contribution in [3.05, 3.63) is 12.2 Å².